The smallest absolute Gasteiger partial charge is 0.413 e. The Morgan fingerprint density at radius 3 is 2.34 bits per heavy atom. The van der Waals surface area contributed by atoms with Gasteiger partial charge in [0.2, 0.25) is 0 Å². The van der Waals surface area contributed by atoms with Crippen molar-refractivity contribution < 1.29 is 28.2 Å². The lowest BCUT2D eigenvalue weighted by Gasteiger charge is -2.14. The molecule has 0 aliphatic rings. The molecule has 1 atom stereocenters. The van der Waals surface area contributed by atoms with Crippen LogP contribution >= 0.6 is 22.7 Å². The topological polar surface area (TPSA) is 93.4 Å². The molecule has 2 aromatic carbocycles. The highest BCUT2D eigenvalue weighted by atomic mass is 32.1. The highest BCUT2D eigenvalue weighted by Crippen LogP contribution is 2.44. The van der Waals surface area contributed by atoms with Crippen molar-refractivity contribution in [2.75, 3.05) is 5.32 Å². The van der Waals surface area contributed by atoms with Crippen molar-refractivity contribution >= 4 is 50.0 Å². The molecule has 3 heterocycles. The number of carboxylic acid groups (broad SMARTS) is 1. The Labute approximate surface area is 223 Å². The number of nitrogens with zero attached hydrogens (tertiary/aromatic N) is 2. The summed E-state index contributed by atoms with van der Waals surface area (Å²) in [6.07, 6.45) is -0.00741. The van der Waals surface area contributed by atoms with Gasteiger partial charge in [0.25, 0.3) is 0 Å². The lowest BCUT2D eigenvalue weighted by atomic mass is 10.1. The number of benzene rings is 2. The van der Waals surface area contributed by atoms with Gasteiger partial charge in [-0.15, -0.1) is 22.7 Å². The third-order valence-electron chi connectivity index (χ3n) is 5.93. The van der Waals surface area contributed by atoms with Crippen molar-refractivity contribution in [2.45, 2.75) is 19.4 Å². The fraction of sp³-hybridized carbons (Fsp3) is 0.148. The average Bonchev–Trinajstić information content (AvgIpc) is 3.55. The van der Waals surface area contributed by atoms with Gasteiger partial charge in [-0.3, -0.25) is 14.8 Å². The Kier molecular flexibility index (Phi) is 6.96. The van der Waals surface area contributed by atoms with Crippen LogP contribution in [0.2, 0.25) is 0 Å². The summed E-state index contributed by atoms with van der Waals surface area (Å²) in [5, 5.41) is 15.9. The zero-order valence-electron chi connectivity index (χ0n) is 20.2. The van der Waals surface area contributed by atoms with E-state index < -0.39 is 36.2 Å². The van der Waals surface area contributed by atoms with Crippen LogP contribution in [0.4, 0.5) is 19.4 Å². The van der Waals surface area contributed by atoms with Crippen LogP contribution in [-0.4, -0.2) is 26.9 Å². The highest BCUT2D eigenvalue weighted by Gasteiger charge is 2.21. The average molecular weight is 554 g/mol. The molecule has 194 valence electrons. The minimum absolute atomic E-state index is 0.0746. The van der Waals surface area contributed by atoms with Crippen molar-refractivity contribution in [3.8, 4) is 20.9 Å². The molecule has 7 nitrogen and oxygen atoms in total. The molecule has 0 fully saturated rings. The van der Waals surface area contributed by atoms with Crippen LogP contribution in [0, 0.1) is 11.6 Å². The molecular formula is C27H21F2N3O4S2. The summed E-state index contributed by atoms with van der Waals surface area (Å²) in [6.45, 7) is 1.79. The molecule has 3 aromatic heterocycles. The van der Waals surface area contributed by atoms with Crippen LogP contribution < -0.4 is 5.32 Å². The number of carboxylic acids is 1. The van der Waals surface area contributed by atoms with E-state index in [0.717, 1.165) is 32.0 Å². The zero-order valence-corrected chi connectivity index (χ0v) is 21.8. The van der Waals surface area contributed by atoms with E-state index in [-0.39, 0.29) is 11.1 Å². The maximum absolute atomic E-state index is 14.7. The number of nitrogens with one attached hydrogen (secondary N) is 1. The van der Waals surface area contributed by atoms with Crippen molar-refractivity contribution in [2.24, 2.45) is 7.05 Å². The van der Waals surface area contributed by atoms with E-state index in [1.165, 1.54) is 22.7 Å². The lowest BCUT2D eigenvalue weighted by Crippen LogP contribution is -2.18. The van der Waals surface area contributed by atoms with Crippen molar-refractivity contribution in [3.63, 3.8) is 0 Å². The first-order valence-corrected chi connectivity index (χ1v) is 13.1. The summed E-state index contributed by atoms with van der Waals surface area (Å²) in [5.41, 5.74) is 1.44. The fourth-order valence-corrected chi connectivity index (χ4v) is 6.45. The molecule has 5 rings (SSSR count). The van der Waals surface area contributed by atoms with Gasteiger partial charge in [-0.1, -0.05) is 30.3 Å². The van der Waals surface area contributed by atoms with Crippen LogP contribution in [0.5, 0.6) is 0 Å². The van der Waals surface area contributed by atoms with Gasteiger partial charge in [-0.25, -0.2) is 13.6 Å². The van der Waals surface area contributed by atoms with E-state index in [1.807, 2.05) is 36.4 Å². The number of anilines is 1. The molecule has 0 radical (unpaired) electrons. The van der Waals surface area contributed by atoms with E-state index in [2.05, 4.69) is 10.4 Å². The van der Waals surface area contributed by atoms with E-state index >= 15 is 0 Å². The predicted molar refractivity (Wildman–Crippen MR) is 144 cm³/mol. The molecule has 1 unspecified atom stereocenters. The van der Waals surface area contributed by atoms with E-state index in [1.54, 1.807) is 30.9 Å². The molecule has 0 saturated carbocycles. The number of aryl methyl sites for hydroxylation is 1. The summed E-state index contributed by atoms with van der Waals surface area (Å²) in [5.74, 6) is -2.21. The summed E-state index contributed by atoms with van der Waals surface area (Å²) in [7, 11) is 1.71. The maximum atomic E-state index is 14.7. The Balaban J connectivity index is 1.37. The first kappa shape index (κ1) is 25.6. The fourth-order valence-electron chi connectivity index (χ4n) is 4.02. The second-order valence-corrected chi connectivity index (χ2v) is 10.7. The van der Waals surface area contributed by atoms with Crippen LogP contribution in [0.15, 0.2) is 60.8 Å². The number of hydrogen-bond donors (Lipinski definition) is 2. The normalized spacial score (nSPS) is 12.0. The van der Waals surface area contributed by atoms with E-state index in [4.69, 9.17) is 9.84 Å². The second-order valence-electron chi connectivity index (χ2n) is 8.56. The number of hydrogen-bond acceptors (Lipinski definition) is 6. The van der Waals surface area contributed by atoms with Crippen molar-refractivity contribution in [1.82, 2.24) is 9.78 Å². The van der Waals surface area contributed by atoms with Gasteiger partial charge in [-0.05, 0) is 36.8 Å². The second kappa shape index (κ2) is 10.3. The number of ether oxygens (including phenoxy) is 1. The minimum Gasteiger partial charge on any atom is -0.481 e. The first-order chi connectivity index (χ1) is 18.2. The molecule has 0 aliphatic heterocycles. The van der Waals surface area contributed by atoms with Gasteiger partial charge in [0, 0.05) is 37.3 Å². The predicted octanol–water partition coefficient (Wildman–Crippen LogP) is 7.25. The number of carbonyl (C=O) groups excluding carboxylic acids is 1. The molecule has 5 aromatic rings. The number of amides is 1. The molecule has 0 saturated heterocycles. The molecule has 0 aliphatic carbocycles. The number of carbonyl (C=O) groups is 2. The molecular weight excluding hydrogens is 532 g/mol. The SMILES string of the molecule is CC(OC(=O)Nc1c(-c2cc3sc(-c4cc(F)c(CC(=O)O)cc4F)cc3s2)cnn1C)c1ccccc1. The van der Waals surface area contributed by atoms with Crippen LogP contribution in [-0.2, 0) is 23.0 Å². The minimum atomic E-state index is -1.23. The third kappa shape index (κ3) is 5.15. The third-order valence-corrected chi connectivity index (χ3v) is 8.29. The first-order valence-electron chi connectivity index (χ1n) is 11.5. The standard InChI is InChI=1S/C27H21F2N3O4S2/c1-14(15-6-4-3-5-7-15)36-27(35)31-26-18(13-30-32(26)2)22-12-24-23(38-22)11-21(37-24)17-10-19(28)16(8-20(17)29)9-25(33)34/h3-8,10-14H,9H2,1-2H3,(H,31,35)(H,33,34). The van der Waals surface area contributed by atoms with Gasteiger partial charge in [0.1, 0.15) is 23.6 Å². The molecule has 38 heavy (non-hydrogen) atoms. The van der Waals surface area contributed by atoms with Crippen LogP contribution in [0.25, 0.3) is 30.3 Å². The monoisotopic (exact) mass is 553 g/mol. The molecule has 11 heteroatoms. The largest absolute Gasteiger partial charge is 0.481 e. The quantitative estimate of drug-likeness (QED) is 0.222. The van der Waals surface area contributed by atoms with E-state index in [0.29, 0.717) is 16.3 Å². The molecule has 1 amide bonds. The number of rotatable bonds is 7. The Hall–Kier alpha value is -4.09. The Morgan fingerprint density at radius 2 is 1.68 bits per heavy atom. The highest BCUT2D eigenvalue weighted by molar-refractivity contribution is 7.31. The number of halogens is 2. The summed E-state index contributed by atoms with van der Waals surface area (Å²) >= 11 is 2.71. The summed E-state index contributed by atoms with van der Waals surface area (Å²) < 4.78 is 37.9. The molecule has 0 spiro atoms. The van der Waals surface area contributed by atoms with Gasteiger partial charge in [0.15, 0.2) is 0 Å². The van der Waals surface area contributed by atoms with Crippen LogP contribution in [0.3, 0.4) is 0 Å². The Bertz CT molecular complexity index is 1630. The lowest BCUT2D eigenvalue weighted by molar-refractivity contribution is -0.136. The number of aliphatic carboxylic acids is 1. The van der Waals surface area contributed by atoms with E-state index in [9.17, 15) is 18.4 Å². The van der Waals surface area contributed by atoms with Crippen molar-refractivity contribution in [3.05, 3.63) is 83.6 Å². The number of fused-ring (bicyclic) bond motifs is 1. The molecule has 2 N–H and O–H groups in total. The zero-order chi connectivity index (χ0) is 27.0. The van der Waals surface area contributed by atoms with Gasteiger partial charge in [0.05, 0.1) is 18.2 Å². The molecule has 0 bridgehead atoms. The van der Waals surface area contributed by atoms with Gasteiger partial charge >= 0.3 is 12.1 Å². The summed E-state index contributed by atoms with van der Waals surface area (Å²) in [6, 6.07) is 15.0. The van der Waals surface area contributed by atoms with Gasteiger partial charge in [-0.2, -0.15) is 5.10 Å². The number of aromatic nitrogens is 2. The van der Waals surface area contributed by atoms with Crippen LogP contribution in [0.1, 0.15) is 24.2 Å². The van der Waals surface area contributed by atoms with Gasteiger partial charge < -0.3 is 9.84 Å². The summed E-state index contributed by atoms with van der Waals surface area (Å²) in [4.78, 5) is 24.9. The maximum Gasteiger partial charge on any atom is 0.413 e. The Morgan fingerprint density at radius 1 is 1.03 bits per heavy atom. The van der Waals surface area contributed by atoms with Crippen molar-refractivity contribution in [1.29, 1.82) is 0 Å². The number of thiophene rings is 2.